The lowest BCUT2D eigenvalue weighted by atomic mass is 10.1. The van der Waals surface area contributed by atoms with Gasteiger partial charge in [-0.1, -0.05) is 6.92 Å². The molecule has 0 aromatic heterocycles. The van der Waals surface area contributed by atoms with Crippen molar-refractivity contribution in [3.8, 4) is 0 Å². The summed E-state index contributed by atoms with van der Waals surface area (Å²) >= 11 is 0. The van der Waals surface area contributed by atoms with Gasteiger partial charge in [-0.15, -0.1) is 0 Å². The summed E-state index contributed by atoms with van der Waals surface area (Å²) in [5, 5.41) is 12.6. The number of nitrogens with one attached hydrogen (secondary N) is 3. The van der Waals surface area contributed by atoms with Crippen LogP contribution >= 0.6 is 0 Å². The van der Waals surface area contributed by atoms with Crippen LogP contribution in [0.3, 0.4) is 0 Å². The third-order valence-corrected chi connectivity index (χ3v) is 2.36. The van der Waals surface area contributed by atoms with Gasteiger partial charge < -0.3 is 21.1 Å². The molecule has 0 spiro atoms. The molecule has 5 N–H and O–H groups in total. The summed E-state index contributed by atoms with van der Waals surface area (Å²) in [6.45, 7) is 3.46. The molecule has 0 bridgehead atoms. The standard InChI is InChI=1S/C9H18N4O2/c1-6(8(10)11)4-12-9(14)13-7-2-3-15-5-7/h6-7H,2-5H2,1H3,(H3,10,11)(H2,12,13,14). The van der Waals surface area contributed by atoms with Gasteiger partial charge in [-0.3, -0.25) is 5.41 Å². The Bertz CT molecular complexity index is 238. The molecule has 1 heterocycles. The smallest absolute Gasteiger partial charge is 0.315 e. The van der Waals surface area contributed by atoms with E-state index in [0.717, 1.165) is 6.42 Å². The number of rotatable bonds is 4. The molecule has 15 heavy (non-hydrogen) atoms. The van der Waals surface area contributed by atoms with Gasteiger partial charge in [0, 0.05) is 19.1 Å². The van der Waals surface area contributed by atoms with Crippen molar-refractivity contribution in [2.24, 2.45) is 11.7 Å². The van der Waals surface area contributed by atoms with Crippen molar-refractivity contribution in [2.45, 2.75) is 19.4 Å². The van der Waals surface area contributed by atoms with Crippen LogP contribution in [0.25, 0.3) is 0 Å². The maximum atomic E-state index is 11.3. The molecule has 1 aliphatic rings. The van der Waals surface area contributed by atoms with Crippen LogP contribution in [0.5, 0.6) is 0 Å². The minimum atomic E-state index is -0.224. The fraction of sp³-hybridized carbons (Fsp3) is 0.778. The molecule has 86 valence electrons. The van der Waals surface area contributed by atoms with E-state index in [2.05, 4.69) is 10.6 Å². The van der Waals surface area contributed by atoms with Crippen LogP contribution in [0.4, 0.5) is 4.79 Å². The van der Waals surface area contributed by atoms with Crippen molar-refractivity contribution < 1.29 is 9.53 Å². The summed E-state index contributed by atoms with van der Waals surface area (Å²) in [6, 6.07) is -0.115. The van der Waals surface area contributed by atoms with Crippen molar-refractivity contribution in [1.82, 2.24) is 10.6 Å². The lowest BCUT2D eigenvalue weighted by Crippen LogP contribution is -2.44. The maximum absolute atomic E-state index is 11.3. The lowest BCUT2D eigenvalue weighted by molar-refractivity contribution is 0.188. The molecule has 1 fully saturated rings. The van der Waals surface area contributed by atoms with Crippen molar-refractivity contribution in [1.29, 1.82) is 5.41 Å². The fourth-order valence-corrected chi connectivity index (χ4v) is 1.24. The van der Waals surface area contributed by atoms with Gasteiger partial charge in [0.25, 0.3) is 0 Å². The van der Waals surface area contributed by atoms with E-state index in [1.807, 2.05) is 0 Å². The fourth-order valence-electron chi connectivity index (χ4n) is 1.24. The van der Waals surface area contributed by atoms with E-state index in [-0.39, 0.29) is 23.8 Å². The third-order valence-electron chi connectivity index (χ3n) is 2.36. The van der Waals surface area contributed by atoms with E-state index in [1.165, 1.54) is 0 Å². The molecule has 6 nitrogen and oxygen atoms in total. The van der Waals surface area contributed by atoms with Gasteiger partial charge in [0.05, 0.1) is 18.5 Å². The minimum Gasteiger partial charge on any atom is -0.387 e. The Balaban J connectivity index is 2.15. The van der Waals surface area contributed by atoms with E-state index in [4.69, 9.17) is 15.9 Å². The van der Waals surface area contributed by atoms with Crippen LogP contribution in [0, 0.1) is 11.3 Å². The highest BCUT2D eigenvalue weighted by Crippen LogP contribution is 2.02. The molecule has 1 saturated heterocycles. The zero-order valence-electron chi connectivity index (χ0n) is 8.88. The van der Waals surface area contributed by atoms with Crippen LogP contribution in [-0.4, -0.2) is 37.7 Å². The molecular formula is C9H18N4O2. The third kappa shape index (κ3) is 4.16. The van der Waals surface area contributed by atoms with E-state index in [0.29, 0.717) is 19.8 Å². The molecule has 0 aliphatic carbocycles. The molecule has 1 aliphatic heterocycles. The molecule has 2 amide bonds. The molecule has 0 radical (unpaired) electrons. The van der Waals surface area contributed by atoms with Gasteiger partial charge in [0.1, 0.15) is 0 Å². The summed E-state index contributed by atoms with van der Waals surface area (Å²) in [4.78, 5) is 11.3. The molecule has 0 saturated carbocycles. The Hall–Kier alpha value is -1.30. The van der Waals surface area contributed by atoms with Crippen molar-refractivity contribution in [2.75, 3.05) is 19.8 Å². The molecule has 2 atom stereocenters. The molecule has 0 aromatic rings. The van der Waals surface area contributed by atoms with E-state index in [9.17, 15) is 4.79 Å². The first-order valence-electron chi connectivity index (χ1n) is 5.05. The summed E-state index contributed by atoms with van der Waals surface area (Å²) in [7, 11) is 0. The molecule has 6 heteroatoms. The first kappa shape index (κ1) is 11.8. The van der Waals surface area contributed by atoms with Gasteiger partial charge in [-0.25, -0.2) is 4.79 Å². The Kier molecular flexibility index (Phi) is 4.36. The topological polar surface area (TPSA) is 100 Å². The molecule has 2 unspecified atom stereocenters. The highest BCUT2D eigenvalue weighted by molar-refractivity contribution is 5.80. The largest absolute Gasteiger partial charge is 0.387 e. The van der Waals surface area contributed by atoms with Crippen LogP contribution in [0.1, 0.15) is 13.3 Å². The minimum absolute atomic E-state index is 0.0829. The SMILES string of the molecule is CC(CNC(=O)NC1CCOC1)C(=N)N. The first-order valence-corrected chi connectivity index (χ1v) is 5.05. The van der Waals surface area contributed by atoms with E-state index < -0.39 is 0 Å². The zero-order chi connectivity index (χ0) is 11.3. The predicted octanol–water partition coefficient (Wildman–Crippen LogP) is -0.353. The second-order valence-electron chi connectivity index (χ2n) is 3.77. The number of amides is 2. The molecule has 1 rings (SSSR count). The summed E-state index contributed by atoms with van der Waals surface area (Å²) < 4.78 is 5.13. The summed E-state index contributed by atoms with van der Waals surface area (Å²) in [5.41, 5.74) is 5.28. The average Bonchev–Trinajstić information content (AvgIpc) is 2.66. The quantitative estimate of drug-likeness (QED) is 0.380. The van der Waals surface area contributed by atoms with Crippen molar-refractivity contribution in [3.05, 3.63) is 0 Å². The maximum Gasteiger partial charge on any atom is 0.315 e. The monoisotopic (exact) mass is 214 g/mol. The number of amidine groups is 1. The van der Waals surface area contributed by atoms with E-state index >= 15 is 0 Å². The number of carbonyl (C=O) groups excluding carboxylic acids is 1. The van der Waals surface area contributed by atoms with E-state index in [1.54, 1.807) is 6.92 Å². The van der Waals surface area contributed by atoms with Crippen molar-refractivity contribution in [3.63, 3.8) is 0 Å². The van der Waals surface area contributed by atoms with Crippen LogP contribution in [0.2, 0.25) is 0 Å². The summed E-state index contributed by atoms with van der Waals surface area (Å²) in [5.74, 6) is -0.0462. The Morgan fingerprint density at radius 2 is 2.47 bits per heavy atom. The second-order valence-corrected chi connectivity index (χ2v) is 3.77. The van der Waals surface area contributed by atoms with Crippen LogP contribution in [-0.2, 0) is 4.74 Å². The number of nitrogens with two attached hydrogens (primary N) is 1. The number of ether oxygens (including phenoxy) is 1. The number of hydrogen-bond acceptors (Lipinski definition) is 3. The number of hydrogen-bond donors (Lipinski definition) is 4. The number of urea groups is 1. The van der Waals surface area contributed by atoms with Crippen molar-refractivity contribution >= 4 is 11.9 Å². The van der Waals surface area contributed by atoms with Gasteiger partial charge >= 0.3 is 6.03 Å². The molecule has 0 aromatic carbocycles. The zero-order valence-corrected chi connectivity index (χ0v) is 8.88. The van der Waals surface area contributed by atoms with Gasteiger partial charge in [0.15, 0.2) is 0 Å². The van der Waals surface area contributed by atoms with Gasteiger partial charge in [-0.05, 0) is 6.42 Å². The first-order chi connectivity index (χ1) is 7.09. The van der Waals surface area contributed by atoms with Gasteiger partial charge in [0.2, 0.25) is 0 Å². The lowest BCUT2D eigenvalue weighted by Gasteiger charge is -2.14. The number of carbonyl (C=O) groups is 1. The van der Waals surface area contributed by atoms with Crippen LogP contribution < -0.4 is 16.4 Å². The predicted molar refractivity (Wildman–Crippen MR) is 56.8 cm³/mol. The summed E-state index contributed by atoms with van der Waals surface area (Å²) in [6.07, 6.45) is 0.857. The highest BCUT2D eigenvalue weighted by Gasteiger charge is 2.17. The highest BCUT2D eigenvalue weighted by atomic mass is 16.5. The Morgan fingerprint density at radius 3 is 3.00 bits per heavy atom. The van der Waals surface area contributed by atoms with Gasteiger partial charge in [-0.2, -0.15) is 0 Å². The second kappa shape index (κ2) is 5.55. The Morgan fingerprint density at radius 1 is 1.73 bits per heavy atom. The van der Waals surface area contributed by atoms with Crippen LogP contribution in [0.15, 0.2) is 0 Å². The normalized spacial score (nSPS) is 22.1. The average molecular weight is 214 g/mol. The Labute approximate surface area is 89.1 Å². The molecular weight excluding hydrogens is 196 g/mol.